The Morgan fingerprint density at radius 1 is 1.48 bits per heavy atom. The molecule has 1 fully saturated rings. The first kappa shape index (κ1) is 15.6. The van der Waals surface area contributed by atoms with Gasteiger partial charge in [-0.15, -0.1) is 0 Å². The maximum Gasteiger partial charge on any atom is 0.238 e. The highest BCUT2D eigenvalue weighted by Crippen LogP contribution is 2.26. The lowest BCUT2D eigenvalue weighted by Crippen LogP contribution is -2.41. The third-order valence-corrected chi connectivity index (χ3v) is 3.70. The molecule has 0 radical (unpaired) electrons. The molecule has 2 rings (SSSR count). The SMILES string of the molecule is COc1ccc(N)cc1NC(=O)CN(C)C1CCOCC1. The van der Waals surface area contributed by atoms with Crippen molar-refractivity contribution in [1.29, 1.82) is 0 Å². The largest absolute Gasteiger partial charge is 0.495 e. The van der Waals surface area contributed by atoms with Gasteiger partial charge in [0.2, 0.25) is 5.91 Å². The fourth-order valence-electron chi connectivity index (χ4n) is 2.49. The van der Waals surface area contributed by atoms with E-state index in [0.717, 1.165) is 26.1 Å². The van der Waals surface area contributed by atoms with Crippen LogP contribution >= 0.6 is 0 Å². The van der Waals surface area contributed by atoms with Crippen molar-refractivity contribution >= 4 is 17.3 Å². The Morgan fingerprint density at radius 2 is 2.19 bits per heavy atom. The summed E-state index contributed by atoms with van der Waals surface area (Å²) in [7, 11) is 3.53. The van der Waals surface area contributed by atoms with E-state index in [-0.39, 0.29) is 5.91 Å². The number of nitrogens with one attached hydrogen (secondary N) is 1. The molecule has 0 bridgehead atoms. The lowest BCUT2D eigenvalue weighted by atomic mass is 10.1. The number of anilines is 2. The van der Waals surface area contributed by atoms with Crippen LogP contribution in [0.2, 0.25) is 0 Å². The molecule has 1 aliphatic rings. The van der Waals surface area contributed by atoms with Gasteiger partial charge in [-0.05, 0) is 38.1 Å². The Morgan fingerprint density at radius 3 is 2.86 bits per heavy atom. The van der Waals surface area contributed by atoms with Crippen molar-refractivity contribution in [2.24, 2.45) is 0 Å². The van der Waals surface area contributed by atoms with Crippen LogP contribution in [0.1, 0.15) is 12.8 Å². The predicted octanol–water partition coefficient (Wildman–Crippen LogP) is 1.33. The van der Waals surface area contributed by atoms with Crippen LogP contribution in [0, 0.1) is 0 Å². The number of methoxy groups -OCH3 is 1. The lowest BCUT2D eigenvalue weighted by molar-refractivity contribution is -0.118. The lowest BCUT2D eigenvalue weighted by Gasteiger charge is -2.30. The third-order valence-electron chi connectivity index (χ3n) is 3.70. The van der Waals surface area contributed by atoms with Crippen LogP contribution in [0.3, 0.4) is 0 Å². The minimum atomic E-state index is -0.0760. The summed E-state index contributed by atoms with van der Waals surface area (Å²) in [6.07, 6.45) is 1.93. The fraction of sp³-hybridized carbons (Fsp3) is 0.533. The highest BCUT2D eigenvalue weighted by atomic mass is 16.5. The summed E-state index contributed by atoms with van der Waals surface area (Å²) in [4.78, 5) is 14.2. The van der Waals surface area contributed by atoms with Gasteiger partial charge in [0.1, 0.15) is 5.75 Å². The first-order chi connectivity index (χ1) is 10.1. The molecule has 1 aliphatic heterocycles. The number of hydrogen-bond acceptors (Lipinski definition) is 5. The number of hydrogen-bond donors (Lipinski definition) is 2. The van der Waals surface area contributed by atoms with Crippen molar-refractivity contribution in [3.63, 3.8) is 0 Å². The highest BCUT2D eigenvalue weighted by molar-refractivity contribution is 5.94. The number of likely N-dealkylation sites (N-methyl/N-ethyl adjacent to an activating group) is 1. The standard InChI is InChI=1S/C15H23N3O3/c1-18(12-5-7-21-8-6-12)10-15(19)17-13-9-11(16)3-4-14(13)20-2/h3-4,9,12H,5-8,10,16H2,1-2H3,(H,17,19). The van der Waals surface area contributed by atoms with Gasteiger partial charge in [-0.25, -0.2) is 0 Å². The van der Waals surface area contributed by atoms with Gasteiger partial charge in [0.05, 0.1) is 19.3 Å². The van der Waals surface area contributed by atoms with E-state index in [1.807, 2.05) is 7.05 Å². The van der Waals surface area contributed by atoms with Crippen LogP contribution in [0.5, 0.6) is 5.75 Å². The summed E-state index contributed by atoms with van der Waals surface area (Å²) < 4.78 is 10.6. The molecular weight excluding hydrogens is 270 g/mol. The van der Waals surface area contributed by atoms with Crippen LogP contribution in [0.15, 0.2) is 18.2 Å². The molecule has 0 aliphatic carbocycles. The zero-order valence-electron chi connectivity index (χ0n) is 12.6. The number of nitrogens with two attached hydrogens (primary N) is 1. The summed E-state index contributed by atoms with van der Waals surface area (Å²) in [5.74, 6) is 0.527. The number of ether oxygens (including phenoxy) is 2. The van der Waals surface area contributed by atoms with Crippen molar-refractivity contribution in [2.75, 3.05) is 45.0 Å². The Balaban J connectivity index is 1.93. The van der Waals surface area contributed by atoms with E-state index < -0.39 is 0 Å². The van der Waals surface area contributed by atoms with Crippen LogP contribution in [-0.4, -0.2) is 50.8 Å². The molecule has 6 heteroatoms. The van der Waals surface area contributed by atoms with Crippen molar-refractivity contribution in [3.8, 4) is 5.75 Å². The average molecular weight is 293 g/mol. The van der Waals surface area contributed by atoms with Gasteiger partial charge < -0.3 is 20.5 Å². The van der Waals surface area contributed by atoms with Gasteiger partial charge >= 0.3 is 0 Å². The summed E-state index contributed by atoms with van der Waals surface area (Å²) in [5.41, 5.74) is 6.93. The van der Waals surface area contributed by atoms with Crippen molar-refractivity contribution in [1.82, 2.24) is 4.90 Å². The van der Waals surface area contributed by atoms with E-state index >= 15 is 0 Å². The van der Waals surface area contributed by atoms with E-state index in [4.69, 9.17) is 15.2 Å². The molecule has 116 valence electrons. The number of rotatable bonds is 5. The molecule has 0 aromatic heterocycles. The minimum absolute atomic E-state index is 0.0760. The van der Waals surface area contributed by atoms with Crippen molar-refractivity contribution in [3.05, 3.63) is 18.2 Å². The first-order valence-corrected chi connectivity index (χ1v) is 7.11. The molecule has 21 heavy (non-hydrogen) atoms. The quantitative estimate of drug-likeness (QED) is 0.801. The molecule has 0 atom stereocenters. The second kappa shape index (κ2) is 7.28. The van der Waals surface area contributed by atoms with Gasteiger partial charge in [-0.3, -0.25) is 9.69 Å². The molecule has 6 nitrogen and oxygen atoms in total. The van der Waals surface area contributed by atoms with E-state index in [1.54, 1.807) is 25.3 Å². The van der Waals surface area contributed by atoms with Crippen LogP contribution in [0.4, 0.5) is 11.4 Å². The van der Waals surface area contributed by atoms with Gasteiger partial charge in [0.15, 0.2) is 0 Å². The maximum absolute atomic E-state index is 12.2. The van der Waals surface area contributed by atoms with Gasteiger partial charge in [-0.1, -0.05) is 0 Å². The molecule has 0 spiro atoms. The minimum Gasteiger partial charge on any atom is -0.495 e. The van der Waals surface area contributed by atoms with E-state index in [9.17, 15) is 4.79 Å². The Kier molecular flexibility index (Phi) is 5.41. The number of nitrogen functional groups attached to an aromatic ring is 1. The normalized spacial score (nSPS) is 16.0. The second-order valence-corrected chi connectivity index (χ2v) is 5.27. The number of carbonyl (C=O) groups excluding carboxylic acids is 1. The van der Waals surface area contributed by atoms with Crippen LogP contribution < -0.4 is 15.8 Å². The zero-order valence-corrected chi connectivity index (χ0v) is 12.6. The van der Waals surface area contributed by atoms with Crippen LogP contribution in [0.25, 0.3) is 0 Å². The van der Waals surface area contributed by atoms with E-state index in [0.29, 0.717) is 29.7 Å². The molecule has 1 saturated heterocycles. The van der Waals surface area contributed by atoms with E-state index in [2.05, 4.69) is 10.2 Å². The van der Waals surface area contributed by atoms with Crippen LogP contribution in [-0.2, 0) is 9.53 Å². The number of carbonyl (C=O) groups is 1. The smallest absolute Gasteiger partial charge is 0.238 e. The number of benzene rings is 1. The van der Waals surface area contributed by atoms with Gasteiger partial charge in [0, 0.05) is 24.9 Å². The molecule has 3 N–H and O–H groups in total. The molecular formula is C15H23N3O3. The number of nitrogens with zero attached hydrogens (tertiary/aromatic N) is 1. The Bertz CT molecular complexity index is 487. The van der Waals surface area contributed by atoms with Gasteiger partial charge in [-0.2, -0.15) is 0 Å². The number of amides is 1. The summed E-state index contributed by atoms with van der Waals surface area (Å²) in [6, 6.07) is 5.58. The fourth-order valence-corrected chi connectivity index (χ4v) is 2.49. The first-order valence-electron chi connectivity index (χ1n) is 7.11. The molecule has 1 amide bonds. The average Bonchev–Trinajstić information content (AvgIpc) is 2.48. The maximum atomic E-state index is 12.2. The zero-order chi connectivity index (χ0) is 15.2. The Labute approximate surface area is 125 Å². The Hall–Kier alpha value is -1.79. The van der Waals surface area contributed by atoms with E-state index in [1.165, 1.54) is 0 Å². The summed E-state index contributed by atoms with van der Waals surface area (Å²) in [6.45, 7) is 1.86. The topological polar surface area (TPSA) is 76.8 Å². The monoisotopic (exact) mass is 293 g/mol. The molecule has 0 unspecified atom stereocenters. The van der Waals surface area contributed by atoms with Crippen molar-refractivity contribution < 1.29 is 14.3 Å². The predicted molar refractivity (Wildman–Crippen MR) is 82.5 cm³/mol. The summed E-state index contributed by atoms with van der Waals surface area (Å²) in [5, 5.41) is 2.86. The molecule has 1 heterocycles. The molecule has 1 aromatic carbocycles. The van der Waals surface area contributed by atoms with Crippen molar-refractivity contribution in [2.45, 2.75) is 18.9 Å². The summed E-state index contributed by atoms with van der Waals surface area (Å²) >= 11 is 0. The second-order valence-electron chi connectivity index (χ2n) is 5.27. The molecule has 1 aromatic rings. The molecule has 0 saturated carbocycles. The van der Waals surface area contributed by atoms with Gasteiger partial charge in [0.25, 0.3) is 0 Å². The third kappa shape index (κ3) is 4.34. The highest BCUT2D eigenvalue weighted by Gasteiger charge is 2.20.